The van der Waals surface area contributed by atoms with Crippen LogP contribution in [0.1, 0.15) is 55.5 Å². The molecule has 1 aliphatic heterocycles. The van der Waals surface area contributed by atoms with Gasteiger partial charge in [-0.25, -0.2) is 4.79 Å². The van der Waals surface area contributed by atoms with Gasteiger partial charge < -0.3 is 20.9 Å². The third-order valence-corrected chi connectivity index (χ3v) is 4.79. The number of hydrogen-bond donors (Lipinski definition) is 3. The second-order valence-electron chi connectivity index (χ2n) is 7.03. The summed E-state index contributed by atoms with van der Waals surface area (Å²) in [6.45, 7) is 7.84. The summed E-state index contributed by atoms with van der Waals surface area (Å²) in [5.74, 6) is 0.0902. The quantitative estimate of drug-likeness (QED) is 0.611. The first kappa shape index (κ1) is 20.7. The van der Waals surface area contributed by atoms with E-state index in [-0.39, 0.29) is 23.9 Å². The number of urea groups is 1. The van der Waals surface area contributed by atoms with Crippen LogP contribution in [-0.2, 0) is 4.79 Å². The number of hydrogen-bond acceptors (Lipinski definition) is 3. The molecule has 1 atom stereocenters. The second kappa shape index (κ2) is 9.94. The molecule has 27 heavy (non-hydrogen) atoms. The number of anilines is 1. The summed E-state index contributed by atoms with van der Waals surface area (Å²) >= 11 is 0. The topological polar surface area (TPSA) is 90.5 Å². The number of carbonyl (C=O) groups excluding carboxylic acids is 3. The van der Waals surface area contributed by atoms with Crippen LogP contribution in [0.2, 0.25) is 0 Å². The highest BCUT2D eigenvalue weighted by Gasteiger charge is 2.19. The first-order valence-electron chi connectivity index (χ1n) is 9.64. The maximum atomic E-state index is 12.2. The highest BCUT2D eigenvalue weighted by atomic mass is 16.2. The van der Waals surface area contributed by atoms with Gasteiger partial charge in [0.15, 0.2) is 0 Å². The van der Waals surface area contributed by atoms with Gasteiger partial charge in [-0.2, -0.15) is 0 Å². The summed E-state index contributed by atoms with van der Waals surface area (Å²) in [6.07, 6.45) is 3.17. The minimum atomic E-state index is -0.289. The Morgan fingerprint density at radius 2 is 2.07 bits per heavy atom. The fourth-order valence-corrected chi connectivity index (χ4v) is 2.93. The number of benzene rings is 1. The van der Waals surface area contributed by atoms with E-state index in [0.29, 0.717) is 30.8 Å². The summed E-state index contributed by atoms with van der Waals surface area (Å²) in [5.41, 5.74) is 2.07. The molecule has 0 radical (unpaired) electrons. The zero-order valence-electron chi connectivity index (χ0n) is 16.4. The third-order valence-electron chi connectivity index (χ3n) is 4.79. The normalized spacial score (nSPS) is 14.8. The lowest BCUT2D eigenvalue weighted by atomic mass is 10.1. The smallest absolute Gasteiger partial charge is 0.319 e. The zero-order chi connectivity index (χ0) is 19.8. The van der Waals surface area contributed by atoms with E-state index < -0.39 is 0 Å². The SMILES string of the molecule is CCC(C)NC(=O)c1ccc(NC(=O)NCCCN2CCCC2=O)c(C)c1. The van der Waals surface area contributed by atoms with Gasteiger partial charge in [0, 0.05) is 43.3 Å². The number of amides is 4. The van der Waals surface area contributed by atoms with Crippen molar-refractivity contribution in [3.63, 3.8) is 0 Å². The van der Waals surface area contributed by atoms with Crippen molar-refractivity contribution < 1.29 is 14.4 Å². The van der Waals surface area contributed by atoms with Crippen molar-refractivity contribution in [2.75, 3.05) is 25.0 Å². The Bertz CT molecular complexity index is 690. The van der Waals surface area contributed by atoms with Gasteiger partial charge >= 0.3 is 6.03 Å². The molecule has 1 fully saturated rings. The van der Waals surface area contributed by atoms with Crippen LogP contribution in [0.4, 0.5) is 10.5 Å². The molecule has 7 nitrogen and oxygen atoms in total. The van der Waals surface area contributed by atoms with Crippen LogP contribution in [0.3, 0.4) is 0 Å². The van der Waals surface area contributed by atoms with E-state index in [2.05, 4.69) is 16.0 Å². The molecule has 0 saturated carbocycles. The average molecular weight is 374 g/mol. The highest BCUT2D eigenvalue weighted by Crippen LogP contribution is 2.17. The van der Waals surface area contributed by atoms with E-state index >= 15 is 0 Å². The van der Waals surface area contributed by atoms with E-state index in [4.69, 9.17) is 0 Å². The molecule has 148 valence electrons. The Morgan fingerprint density at radius 3 is 2.70 bits per heavy atom. The third kappa shape index (κ3) is 6.27. The number of nitrogens with one attached hydrogen (secondary N) is 3. The lowest BCUT2D eigenvalue weighted by Crippen LogP contribution is -2.33. The predicted molar refractivity (Wildman–Crippen MR) is 106 cm³/mol. The highest BCUT2D eigenvalue weighted by molar-refractivity contribution is 5.96. The minimum absolute atomic E-state index is 0.111. The Morgan fingerprint density at radius 1 is 1.30 bits per heavy atom. The van der Waals surface area contributed by atoms with Crippen molar-refractivity contribution in [1.29, 1.82) is 0 Å². The lowest BCUT2D eigenvalue weighted by molar-refractivity contribution is -0.127. The van der Waals surface area contributed by atoms with Gasteiger partial charge in [-0.1, -0.05) is 6.92 Å². The number of likely N-dealkylation sites (tertiary alicyclic amines) is 1. The molecule has 0 aliphatic carbocycles. The zero-order valence-corrected chi connectivity index (χ0v) is 16.4. The number of carbonyl (C=O) groups is 3. The minimum Gasteiger partial charge on any atom is -0.350 e. The van der Waals surface area contributed by atoms with E-state index in [9.17, 15) is 14.4 Å². The van der Waals surface area contributed by atoms with E-state index in [0.717, 1.165) is 31.4 Å². The standard InChI is InChI=1S/C20H30N4O3/c1-4-15(3)22-19(26)16-8-9-17(14(2)13-16)23-20(27)21-10-6-12-24-11-5-7-18(24)25/h8-9,13,15H,4-7,10-12H2,1-3H3,(H,22,26)(H2,21,23,27). The molecule has 1 aromatic carbocycles. The molecule has 1 heterocycles. The van der Waals surface area contributed by atoms with E-state index in [1.807, 2.05) is 25.7 Å². The first-order valence-corrected chi connectivity index (χ1v) is 9.64. The fourth-order valence-electron chi connectivity index (χ4n) is 2.93. The molecular weight excluding hydrogens is 344 g/mol. The van der Waals surface area contributed by atoms with Gasteiger partial charge in [0.25, 0.3) is 5.91 Å². The number of aryl methyl sites for hydroxylation is 1. The molecule has 1 saturated heterocycles. The van der Waals surface area contributed by atoms with Gasteiger partial charge in [0.2, 0.25) is 5.91 Å². The van der Waals surface area contributed by atoms with Gasteiger partial charge in [-0.3, -0.25) is 9.59 Å². The van der Waals surface area contributed by atoms with Gasteiger partial charge in [0.05, 0.1) is 0 Å². The van der Waals surface area contributed by atoms with Gasteiger partial charge in [0.1, 0.15) is 0 Å². The Balaban J connectivity index is 1.78. The summed E-state index contributed by atoms with van der Waals surface area (Å²) < 4.78 is 0. The van der Waals surface area contributed by atoms with Gasteiger partial charge in [-0.15, -0.1) is 0 Å². The second-order valence-corrected chi connectivity index (χ2v) is 7.03. The van der Waals surface area contributed by atoms with Crippen LogP contribution >= 0.6 is 0 Å². The number of rotatable bonds is 8. The Labute approximate surface area is 160 Å². The van der Waals surface area contributed by atoms with Gasteiger partial charge in [-0.05, 0) is 56.9 Å². The fraction of sp³-hybridized carbons (Fsp3) is 0.550. The van der Waals surface area contributed by atoms with Crippen LogP contribution in [-0.4, -0.2) is 48.4 Å². The molecule has 1 aliphatic rings. The Hall–Kier alpha value is -2.57. The molecular formula is C20H30N4O3. The summed E-state index contributed by atoms with van der Waals surface area (Å²) in [5, 5.41) is 8.53. The molecule has 3 N–H and O–H groups in total. The van der Waals surface area contributed by atoms with Crippen molar-refractivity contribution in [3.05, 3.63) is 29.3 Å². The van der Waals surface area contributed by atoms with Crippen LogP contribution in [0.15, 0.2) is 18.2 Å². The summed E-state index contributed by atoms with van der Waals surface area (Å²) in [6, 6.07) is 5.05. The number of nitrogens with zero attached hydrogens (tertiary/aromatic N) is 1. The molecule has 0 spiro atoms. The van der Waals surface area contributed by atoms with Crippen molar-refractivity contribution in [2.45, 2.75) is 52.5 Å². The van der Waals surface area contributed by atoms with E-state index in [1.54, 1.807) is 18.2 Å². The predicted octanol–water partition coefficient (Wildman–Crippen LogP) is 2.66. The Kier molecular flexibility index (Phi) is 7.64. The largest absolute Gasteiger partial charge is 0.350 e. The molecule has 2 rings (SSSR count). The summed E-state index contributed by atoms with van der Waals surface area (Å²) in [4.78, 5) is 37.6. The summed E-state index contributed by atoms with van der Waals surface area (Å²) in [7, 11) is 0. The molecule has 1 aromatic rings. The van der Waals surface area contributed by atoms with Crippen LogP contribution in [0.5, 0.6) is 0 Å². The van der Waals surface area contributed by atoms with Crippen LogP contribution in [0.25, 0.3) is 0 Å². The van der Waals surface area contributed by atoms with E-state index in [1.165, 1.54) is 0 Å². The molecule has 7 heteroatoms. The maximum Gasteiger partial charge on any atom is 0.319 e. The van der Waals surface area contributed by atoms with Crippen LogP contribution in [0, 0.1) is 6.92 Å². The molecule has 1 unspecified atom stereocenters. The van der Waals surface area contributed by atoms with Crippen LogP contribution < -0.4 is 16.0 Å². The molecule has 4 amide bonds. The monoisotopic (exact) mass is 374 g/mol. The lowest BCUT2D eigenvalue weighted by Gasteiger charge is -2.16. The van der Waals surface area contributed by atoms with Crippen molar-refractivity contribution in [2.24, 2.45) is 0 Å². The van der Waals surface area contributed by atoms with Crippen molar-refractivity contribution >= 4 is 23.5 Å². The first-order chi connectivity index (χ1) is 12.9. The maximum absolute atomic E-state index is 12.2. The average Bonchev–Trinajstić information content (AvgIpc) is 3.05. The van der Waals surface area contributed by atoms with Crippen molar-refractivity contribution in [1.82, 2.24) is 15.5 Å². The molecule has 0 bridgehead atoms. The van der Waals surface area contributed by atoms with Crippen molar-refractivity contribution in [3.8, 4) is 0 Å². The molecule has 0 aromatic heterocycles.